The summed E-state index contributed by atoms with van der Waals surface area (Å²) in [5.74, 6) is -11.4. The number of aromatic amines is 1. The van der Waals surface area contributed by atoms with Gasteiger partial charge in [0.2, 0.25) is 23.7 Å². The number of oxazole rings is 1. The predicted octanol–water partition coefficient (Wildman–Crippen LogP) is 3.76. The molecule has 15 N–H and O–H groups in total. The van der Waals surface area contributed by atoms with Crippen molar-refractivity contribution in [1.82, 2.24) is 46.2 Å². The minimum Gasteiger partial charge on any atom is -0.481 e. The number of nitrogen functional groups attached to an aromatic ring is 1. The summed E-state index contributed by atoms with van der Waals surface area (Å²) in [5, 5.41) is 42.5. The van der Waals surface area contributed by atoms with E-state index in [9.17, 15) is 71.7 Å². The van der Waals surface area contributed by atoms with Gasteiger partial charge in [-0.25, -0.2) is 37.8 Å². The number of benzene rings is 1. The number of carbonyl (C=O) groups is 9. The Morgan fingerprint density at radius 1 is 0.885 bits per heavy atom. The third-order valence-electron chi connectivity index (χ3n) is 19.7. The number of aryl methyl sites for hydroxylation is 1. The molecule has 2 bridgehead atoms. The first-order valence-electron chi connectivity index (χ1n) is 37.0. The number of fused-ring (bicyclic) bond motifs is 5. The maximum Gasteiger partial charge on any atom is 0.338 e. The Bertz CT molecular complexity index is 4440. The number of H-pyrrole nitrogens is 1. The Labute approximate surface area is 657 Å². The topological polar surface area (TPSA) is 559 Å². The molecule has 4 aliphatic heterocycles. The molecule has 616 valence electrons. The second-order valence-corrected chi connectivity index (χ2v) is 37.2. The number of nitrogens with two attached hydrogens (primary N) is 3. The highest BCUT2D eigenvalue weighted by Gasteiger charge is 2.60. The van der Waals surface area contributed by atoms with Gasteiger partial charge in [-0.2, -0.15) is 16.7 Å². The summed E-state index contributed by atoms with van der Waals surface area (Å²) in [6, 6.07) is -0.630. The molecule has 0 saturated carbocycles. The van der Waals surface area contributed by atoms with E-state index in [1.165, 1.54) is 30.5 Å². The number of carboxylic acids is 3. The van der Waals surface area contributed by atoms with Crippen LogP contribution < -0.4 is 49.3 Å². The lowest BCUT2D eigenvalue weighted by Gasteiger charge is -2.37. The molecule has 1 aromatic carbocycles. The van der Waals surface area contributed by atoms with Crippen molar-refractivity contribution in [1.29, 1.82) is 0 Å². The summed E-state index contributed by atoms with van der Waals surface area (Å²) in [4.78, 5) is 154. The maximum atomic E-state index is 14.3. The molecule has 3 fully saturated rings. The first-order valence-corrected chi connectivity index (χ1v) is 43.1. The van der Waals surface area contributed by atoms with Crippen LogP contribution in [0.25, 0.3) is 17.2 Å². The van der Waals surface area contributed by atoms with Gasteiger partial charge < -0.3 is 91.6 Å². The number of thioether (sulfide) groups is 1. The van der Waals surface area contributed by atoms with Crippen LogP contribution in [-0.2, 0) is 82.8 Å². The van der Waals surface area contributed by atoms with Crippen molar-refractivity contribution in [2.75, 3.05) is 47.7 Å². The number of aliphatic carboxylic acids is 3. The quantitative estimate of drug-likeness (QED) is 0.00442. The minimum absolute atomic E-state index is 0.0263. The molecule has 113 heavy (non-hydrogen) atoms. The molecular formula is C74H102N14O22S2Si. The van der Waals surface area contributed by atoms with E-state index in [4.69, 9.17) is 49.7 Å². The second kappa shape index (κ2) is 40.2. The van der Waals surface area contributed by atoms with E-state index in [2.05, 4.69) is 56.5 Å². The van der Waals surface area contributed by atoms with Crippen molar-refractivity contribution in [3.63, 3.8) is 0 Å². The molecule has 36 nitrogen and oxygen atoms in total. The van der Waals surface area contributed by atoms with Gasteiger partial charge in [-0.1, -0.05) is 44.2 Å². The van der Waals surface area contributed by atoms with Gasteiger partial charge in [-0.05, 0) is 126 Å². The van der Waals surface area contributed by atoms with E-state index >= 15 is 0 Å². The van der Waals surface area contributed by atoms with Crippen LogP contribution in [0.15, 0.2) is 92.5 Å². The smallest absolute Gasteiger partial charge is 0.338 e. The number of methoxy groups -OCH3 is 1. The number of anilines is 2. The lowest BCUT2D eigenvalue weighted by atomic mass is 9.84. The normalized spacial score (nSPS) is 23.0. The molecular weight excluding hydrogens is 1530 g/mol. The monoisotopic (exact) mass is 1630 g/mol. The van der Waals surface area contributed by atoms with E-state index in [1.54, 1.807) is 20.3 Å². The van der Waals surface area contributed by atoms with Crippen molar-refractivity contribution < 1.29 is 99.4 Å². The average molecular weight is 1630 g/mol. The number of allylic oxidation sites excluding steroid dienone is 4. The van der Waals surface area contributed by atoms with Crippen LogP contribution in [0.2, 0.25) is 19.1 Å². The highest BCUT2D eigenvalue weighted by molar-refractivity contribution is 8.00. The van der Waals surface area contributed by atoms with Crippen molar-refractivity contribution in [3.8, 4) is 0 Å². The van der Waals surface area contributed by atoms with Crippen LogP contribution >= 0.6 is 11.8 Å². The van der Waals surface area contributed by atoms with Crippen LogP contribution in [0.5, 0.6) is 0 Å². The summed E-state index contributed by atoms with van der Waals surface area (Å²) >= 11 is 0.882. The van der Waals surface area contributed by atoms with Gasteiger partial charge in [0.15, 0.2) is 47.3 Å². The number of ether oxygens (including phenoxy) is 5. The average Bonchev–Trinajstić information content (AvgIpc) is 1.59. The fraction of sp³-hybridized carbons (Fsp3) is 0.554. The van der Waals surface area contributed by atoms with Crippen molar-refractivity contribution in [2.24, 2.45) is 34.2 Å². The molecule has 4 amide bonds. The number of amides is 4. The largest absolute Gasteiger partial charge is 0.481 e. The van der Waals surface area contributed by atoms with Crippen LogP contribution in [0.3, 0.4) is 0 Å². The number of carbonyl (C=O) groups excluding carboxylic acids is 6. The summed E-state index contributed by atoms with van der Waals surface area (Å²) in [7, 11) is -5.12. The number of aliphatic imine (C=N–C) groups is 1. The molecule has 39 heteroatoms. The first kappa shape index (κ1) is 88.6. The SMILES string of the molecule is CO[C@@H](C(C)=CC=CC(C)=Cc1coc(C)n1)[C@@H](C)[C@@H]1C[C@H](O[Si](C)(C)CCCS(=O)(=O)CCSCC(NC(=O)C(CC(=O)O)NC(=O)C(CCCN=C(N)N)NC(=O)CCC(NC(=O)c2ccc(NCc3cnc4nc(N)[nH]c(=O)c4n3)cc2)C(=O)O)C(=O)O)[C@@]2(C)O[C@@H]2C=C[C@@H](C)[C@H]2C[C@H](CC(=O)O2)C[C@@H]2O[C@H]2C(=O)O1. The summed E-state index contributed by atoms with van der Waals surface area (Å²) in [5.41, 5.74) is 18.4. The van der Waals surface area contributed by atoms with E-state index < -0.39 is 180 Å². The van der Waals surface area contributed by atoms with E-state index in [-0.39, 0.29) is 103 Å². The number of epoxide rings is 2. The molecule has 4 aliphatic rings. The number of esters is 2. The maximum absolute atomic E-state index is 14.3. The standard InChI is InChI=1S/C74H102N14O22S2Si/c1-39(29-47-37-105-43(5)81-47)13-10-14-41(3)62(104-7)42(4)54-34-57(74(6)56(109-74)22-16-40(2)53-30-44(32-60(92)106-53)31-55-63(107-55)71(101)108-54)110-113(8,9)28-12-26-112(102,103)27-25-111-38-52(70(99)100)86-67(95)51(33-59(90)91)85-66(94)49(15-11-24-78-72(75)76)83-58(89)23-21-50(69(97)98)84-65(93)45-17-19-46(20-18-45)79-35-48-36-80-64-61(82-48)68(96)88-73(77)87-64/h10,13-14,16-20,22,29,36-37,40,42,44,49-57,62-63,79H,11-12,15,21,23-28,30-35,38H2,1-9H3,(H,83,89)(H,84,93)(H,85,94)(H,86,95)(H,90,91)(H,97,98)(H,99,100)(H4,75,76,78)(H3,77,80,87,88,96)/t40-,42+,44+,49?,50?,51?,52?,53-,54+,55+,56-,57+,62+,63-,74+/m1/s1. The van der Waals surface area contributed by atoms with Gasteiger partial charge in [0.1, 0.15) is 60.0 Å². The molecule has 4 unspecified atom stereocenters. The van der Waals surface area contributed by atoms with Gasteiger partial charge in [0.25, 0.3) is 11.5 Å². The molecule has 8 rings (SSSR count). The van der Waals surface area contributed by atoms with Gasteiger partial charge >= 0.3 is 29.8 Å². The van der Waals surface area contributed by atoms with Crippen LogP contribution in [0.4, 0.5) is 11.6 Å². The number of nitrogens with one attached hydrogen (secondary N) is 6. The molecule has 0 radical (unpaired) electrons. The number of rotatable bonds is 39. The van der Waals surface area contributed by atoms with E-state index in [1.807, 2.05) is 84.2 Å². The van der Waals surface area contributed by atoms with Crippen LogP contribution in [0.1, 0.15) is 126 Å². The minimum atomic E-state index is -3.81. The fourth-order valence-electron chi connectivity index (χ4n) is 13.3. The predicted molar refractivity (Wildman–Crippen MR) is 417 cm³/mol. The second-order valence-electron chi connectivity index (χ2n) is 29.4. The van der Waals surface area contributed by atoms with E-state index in [0.29, 0.717) is 41.9 Å². The van der Waals surface area contributed by atoms with Crippen molar-refractivity contribution in [2.45, 2.75) is 204 Å². The number of aromatic nitrogens is 5. The van der Waals surface area contributed by atoms with E-state index in [0.717, 1.165) is 22.9 Å². The van der Waals surface area contributed by atoms with Gasteiger partial charge in [-0.15, -0.1) is 0 Å². The third-order valence-corrected chi connectivity index (χ3v) is 25.2. The summed E-state index contributed by atoms with van der Waals surface area (Å²) < 4.78 is 71.0. The fourth-order valence-corrected chi connectivity index (χ4v) is 18.7. The van der Waals surface area contributed by atoms with Gasteiger partial charge in [0, 0.05) is 74.4 Å². The Hall–Kier alpha value is -9.93. The molecule has 0 spiro atoms. The molecule has 7 heterocycles. The zero-order valence-corrected chi connectivity index (χ0v) is 67.0. The zero-order chi connectivity index (χ0) is 82.6. The highest BCUT2D eigenvalue weighted by Crippen LogP contribution is 2.47. The number of hydrogen-bond acceptors (Lipinski definition) is 27. The van der Waals surface area contributed by atoms with Crippen LogP contribution in [-0.4, -0.2) is 226 Å². The Morgan fingerprint density at radius 3 is 2.27 bits per heavy atom. The Balaban J connectivity index is 0.851. The third kappa shape index (κ3) is 27.1. The summed E-state index contributed by atoms with van der Waals surface area (Å²) in [6.45, 7) is 15.4. The number of nitrogens with zero attached hydrogens (tertiary/aromatic N) is 5. The lowest BCUT2D eigenvalue weighted by Crippen LogP contribution is -2.56. The zero-order valence-electron chi connectivity index (χ0n) is 64.4. The molecule has 0 aliphatic carbocycles. The van der Waals surface area contributed by atoms with Gasteiger partial charge in [0.05, 0.1) is 54.7 Å². The van der Waals surface area contributed by atoms with Crippen molar-refractivity contribution >= 4 is 118 Å². The number of guanidine groups is 1. The number of hydrogen-bond donors (Lipinski definition) is 12. The number of cyclic esters (lactones) is 1. The first-order chi connectivity index (χ1) is 53.4. The van der Waals surface area contributed by atoms with Crippen LogP contribution in [0, 0.1) is 24.7 Å². The van der Waals surface area contributed by atoms with Crippen molar-refractivity contribution in [3.05, 3.63) is 111 Å². The lowest BCUT2D eigenvalue weighted by molar-refractivity contribution is -0.159. The Morgan fingerprint density at radius 2 is 1.59 bits per heavy atom. The molecule has 15 atom stereocenters. The summed E-state index contributed by atoms with van der Waals surface area (Å²) in [6.07, 6.45) is 9.44. The Kier molecular flexibility index (Phi) is 31.5. The molecule has 3 saturated heterocycles. The molecule has 3 aromatic heterocycles. The number of sulfone groups is 1. The molecule has 4 aromatic rings. The highest BCUT2D eigenvalue weighted by atomic mass is 32.2. The van der Waals surface area contributed by atoms with Gasteiger partial charge in [-0.3, -0.25) is 43.5 Å². The number of carboxylic acid groups (broad SMARTS) is 3.